The topological polar surface area (TPSA) is 231 Å². The molecule has 5 aliphatic heterocycles. The summed E-state index contributed by atoms with van der Waals surface area (Å²) in [6, 6.07) is 3.64. The minimum atomic E-state index is -1.95. The maximum absolute atomic E-state index is 14.5. The molecule has 8 aliphatic rings. The number of rotatable bonds is 3. The minimum Gasteiger partial charge on any atom is -0.509 e. The monoisotopic (exact) mass is 926 g/mol. The number of hydrogen-bond acceptors (Lipinski definition) is 16. The number of piperazine rings is 1. The molecule has 13 atom stereocenters. The van der Waals surface area contributed by atoms with Crippen molar-refractivity contribution in [1.82, 2.24) is 15.2 Å². The zero-order valence-electron chi connectivity index (χ0n) is 39.6. The van der Waals surface area contributed by atoms with Crippen LogP contribution in [0.3, 0.4) is 0 Å². The second-order valence-electron chi connectivity index (χ2n) is 19.4. The molecule has 360 valence electrons. The van der Waals surface area contributed by atoms with Crippen molar-refractivity contribution in [2.75, 3.05) is 32.1 Å². The summed E-state index contributed by atoms with van der Waals surface area (Å²) in [6.07, 6.45) is 5.61. The number of aliphatic hydroxyl groups is 4. The van der Waals surface area contributed by atoms with Gasteiger partial charge in [0.05, 0.1) is 47.7 Å². The summed E-state index contributed by atoms with van der Waals surface area (Å²) < 4.78 is 30.7. The molecule has 3 aliphatic carbocycles. The molecule has 4 unspecified atom stereocenters. The zero-order chi connectivity index (χ0) is 48.5. The molecule has 5 heterocycles. The SMILES string of the molecule is CO[C@H]1/C=C/O[C@@]2(C)OC3=C(C)C(=O)C4C(O)=C(NC(=O)/C(C)=C\C=C\[C@H](C)[C@H](O)[C@@H](C)[C@@H](O)[C@@H](C)[C@H](OC(C)=O)[C@@H]1C)c1oc5cc(N6C7CCC6CN(C)C7)cc(=O)c-5nc1C4C3=C2O. The highest BCUT2D eigenvalue weighted by atomic mass is 16.7. The lowest BCUT2D eigenvalue weighted by Gasteiger charge is -2.41. The van der Waals surface area contributed by atoms with E-state index in [1.165, 1.54) is 52.4 Å². The lowest BCUT2D eigenvalue weighted by Crippen LogP contribution is -2.52. The quantitative estimate of drug-likeness (QED) is 0.251. The van der Waals surface area contributed by atoms with Crippen molar-refractivity contribution in [3.63, 3.8) is 0 Å². The van der Waals surface area contributed by atoms with Gasteiger partial charge in [-0.3, -0.25) is 19.2 Å². The van der Waals surface area contributed by atoms with E-state index in [2.05, 4.69) is 22.2 Å². The number of aliphatic hydroxyl groups excluding tert-OH is 4. The van der Waals surface area contributed by atoms with Crippen molar-refractivity contribution in [3.8, 4) is 11.5 Å². The number of ether oxygens (including phenoxy) is 4. The van der Waals surface area contributed by atoms with Crippen LogP contribution in [0.4, 0.5) is 5.69 Å². The van der Waals surface area contributed by atoms with Gasteiger partial charge in [0.1, 0.15) is 23.3 Å². The van der Waals surface area contributed by atoms with Crippen molar-refractivity contribution in [3.05, 3.63) is 98.4 Å². The molecule has 1 amide bonds. The number of amides is 1. The molecular formula is C50H62N4O13. The van der Waals surface area contributed by atoms with E-state index in [-0.39, 0.29) is 63.2 Å². The lowest BCUT2D eigenvalue weighted by molar-refractivity contribution is -0.160. The van der Waals surface area contributed by atoms with Gasteiger partial charge in [-0.15, -0.1) is 0 Å². The Bertz CT molecular complexity index is 2560. The number of carbonyl (C=O) groups excluding carboxylic acids is 3. The molecule has 0 saturated carbocycles. The van der Waals surface area contributed by atoms with Gasteiger partial charge in [0.2, 0.25) is 5.43 Å². The van der Waals surface area contributed by atoms with Gasteiger partial charge in [0.25, 0.3) is 5.91 Å². The molecule has 2 saturated heterocycles. The Morgan fingerprint density at radius 3 is 2.30 bits per heavy atom. The standard InChI is InChI=1S/C50H62N4O13/c1-22-12-11-13-23(2)49(62)52-40-44(60)36-35(39-47(40)66-34-19-31(18-32(56)38(34)51-39)54-29-14-15-30(54)21-53(9)20-29)37-46(27(6)43(36)59)67-50(8,48(37)61)64-17-16-33(63-10)24(3)45(65-28(7)55)26(5)42(58)25(4)41(22)57/h11-13,16-19,22,24-26,29-30,33,35-36,41-42,45,57-58,60-61H,14-15,20-21H2,1-10H3,(H,52,62)/b12-11+,17-16+,23-13-/t22-,24+,25+,26+,29?,30?,33-,35?,36?,41-,42+,45+,50-/m0/s1. The first kappa shape index (κ1) is 47.7. The number of carbonyl (C=O) groups is 3. The van der Waals surface area contributed by atoms with Crippen LogP contribution in [0.1, 0.15) is 85.6 Å². The predicted molar refractivity (Wildman–Crippen MR) is 245 cm³/mol. The number of anilines is 1. The Kier molecular flexibility index (Phi) is 12.9. The number of hydrogen-bond donors (Lipinski definition) is 5. The molecule has 0 radical (unpaired) electrons. The molecule has 0 aromatic heterocycles. The number of ketones is 1. The van der Waals surface area contributed by atoms with Crippen LogP contribution < -0.4 is 15.6 Å². The molecule has 0 aromatic rings. The van der Waals surface area contributed by atoms with E-state index in [9.17, 15) is 39.6 Å². The Labute approximate surface area is 389 Å². The Morgan fingerprint density at radius 2 is 1.64 bits per heavy atom. The van der Waals surface area contributed by atoms with Crippen molar-refractivity contribution < 1.29 is 58.2 Å². The number of allylic oxidation sites excluding steroid dienone is 5. The first-order valence-electron chi connectivity index (χ1n) is 23.0. The summed E-state index contributed by atoms with van der Waals surface area (Å²) in [4.78, 5) is 64.6. The van der Waals surface area contributed by atoms with Crippen LogP contribution in [-0.2, 0) is 33.3 Å². The summed E-state index contributed by atoms with van der Waals surface area (Å²) in [5.74, 6) is -10.1. The third kappa shape index (κ3) is 8.27. The van der Waals surface area contributed by atoms with Crippen molar-refractivity contribution in [2.24, 2.45) is 29.6 Å². The average molecular weight is 927 g/mol. The van der Waals surface area contributed by atoms with Crippen LogP contribution in [0.15, 0.2) is 85.9 Å². The van der Waals surface area contributed by atoms with Crippen LogP contribution in [0.25, 0.3) is 17.2 Å². The molecular weight excluding hydrogens is 865 g/mol. The van der Waals surface area contributed by atoms with E-state index in [1.807, 2.05) is 0 Å². The fourth-order valence-electron chi connectivity index (χ4n) is 11.0. The molecule has 5 N–H and O–H groups in total. The van der Waals surface area contributed by atoms with E-state index in [1.54, 1.807) is 52.8 Å². The number of likely N-dealkylation sites (N-methyl/N-ethyl adjacent to an activating group) is 1. The maximum atomic E-state index is 14.5. The number of likely N-dealkylation sites (tertiary alicyclic amines) is 1. The van der Waals surface area contributed by atoms with E-state index >= 15 is 0 Å². The van der Waals surface area contributed by atoms with E-state index in [0.29, 0.717) is 5.69 Å². The second-order valence-corrected chi connectivity index (χ2v) is 19.4. The summed E-state index contributed by atoms with van der Waals surface area (Å²) in [5, 5.41) is 50.4. The van der Waals surface area contributed by atoms with E-state index in [0.717, 1.165) is 25.9 Å². The molecule has 8 rings (SSSR count). The Morgan fingerprint density at radius 1 is 0.955 bits per heavy atom. The van der Waals surface area contributed by atoms with Crippen molar-refractivity contribution in [1.29, 1.82) is 0 Å². The second kappa shape index (κ2) is 18.1. The van der Waals surface area contributed by atoms with Gasteiger partial charge in [-0.25, -0.2) is 4.98 Å². The van der Waals surface area contributed by atoms with Crippen molar-refractivity contribution >= 4 is 29.0 Å². The summed E-state index contributed by atoms with van der Waals surface area (Å²) in [6.45, 7) is 14.3. The molecule has 0 aromatic carbocycles. The molecule has 6 bridgehead atoms. The number of nitrogens with zero attached hydrogens (tertiary/aromatic N) is 3. The number of aromatic nitrogens is 1. The largest absolute Gasteiger partial charge is 0.509 e. The van der Waals surface area contributed by atoms with E-state index in [4.69, 9.17) is 28.3 Å². The van der Waals surface area contributed by atoms with Crippen molar-refractivity contribution in [2.45, 2.75) is 116 Å². The maximum Gasteiger partial charge on any atom is 0.306 e. The van der Waals surface area contributed by atoms with Gasteiger partial charge >= 0.3 is 11.8 Å². The predicted octanol–water partition coefficient (Wildman–Crippen LogP) is 5.15. The number of esters is 1. The highest BCUT2D eigenvalue weighted by Gasteiger charge is 2.58. The molecule has 17 nitrogen and oxygen atoms in total. The van der Waals surface area contributed by atoms with Gasteiger partial charge in [0.15, 0.2) is 28.8 Å². The van der Waals surface area contributed by atoms with E-state index < -0.39 is 100 Å². The summed E-state index contributed by atoms with van der Waals surface area (Å²) >= 11 is 0. The van der Waals surface area contributed by atoms with Crippen LogP contribution in [0.2, 0.25) is 0 Å². The van der Waals surface area contributed by atoms with Gasteiger partial charge < -0.3 is 58.9 Å². The van der Waals surface area contributed by atoms with Gasteiger partial charge in [-0.05, 0) is 39.8 Å². The van der Waals surface area contributed by atoms with Gasteiger partial charge in [-0.2, -0.15) is 0 Å². The van der Waals surface area contributed by atoms with Gasteiger partial charge in [-0.1, -0.05) is 45.9 Å². The highest BCUT2D eigenvalue weighted by Crippen LogP contribution is 2.56. The molecule has 17 heteroatoms. The summed E-state index contributed by atoms with van der Waals surface area (Å²) in [7, 11) is 3.53. The van der Waals surface area contributed by atoms with Gasteiger partial charge in [0, 0.05) is 98.8 Å². The highest BCUT2D eigenvalue weighted by molar-refractivity contribution is 6.06. The number of fused-ring (bicyclic) bond motifs is 4. The molecule has 0 spiro atoms. The first-order chi connectivity index (χ1) is 31.7. The lowest BCUT2D eigenvalue weighted by atomic mass is 9.69. The smallest absolute Gasteiger partial charge is 0.306 e. The third-order valence-electron chi connectivity index (χ3n) is 14.8. The average Bonchev–Trinajstić information content (AvgIpc) is 3.72. The molecule has 2 fully saturated rings. The number of nitrogens with one attached hydrogen (secondary N) is 1. The minimum absolute atomic E-state index is 0.00702. The summed E-state index contributed by atoms with van der Waals surface area (Å²) in [5.41, 5.74) is 0.210. The fourth-order valence-corrected chi connectivity index (χ4v) is 11.0. The number of benzene rings is 1. The number of Topliss-reactive ketones (excluding diaryl/α,β-unsaturated/α-hetero) is 1. The van der Waals surface area contributed by atoms with Crippen LogP contribution in [0.5, 0.6) is 0 Å². The fraction of sp³-hybridized carbons (Fsp3) is 0.540. The van der Waals surface area contributed by atoms with Crippen LogP contribution >= 0.6 is 0 Å². The number of methoxy groups -OCH3 is 1. The Balaban J connectivity index is 1.29. The third-order valence-corrected chi connectivity index (χ3v) is 14.8. The van der Waals surface area contributed by atoms with Crippen LogP contribution in [-0.4, -0.2) is 118 Å². The Hall–Kier alpha value is -5.75. The molecule has 67 heavy (non-hydrogen) atoms. The van der Waals surface area contributed by atoms with Crippen LogP contribution in [0, 0.1) is 29.6 Å². The normalized spacial score (nSPS) is 36.8. The zero-order valence-corrected chi connectivity index (χ0v) is 39.6. The first-order valence-corrected chi connectivity index (χ1v) is 23.0.